The van der Waals surface area contributed by atoms with E-state index in [9.17, 15) is 0 Å². The van der Waals surface area contributed by atoms with Crippen LogP contribution in [0.3, 0.4) is 0 Å². The van der Waals surface area contributed by atoms with Gasteiger partial charge in [-0.05, 0) is 43.7 Å². The zero-order valence-corrected chi connectivity index (χ0v) is 15.7. The van der Waals surface area contributed by atoms with Crippen LogP contribution in [0.2, 0.25) is 0 Å². The summed E-state index contributed by atoms with van der Waals surface area (Å²) in [5.74, 6) is 2.07. The highest BCUT2D eigenvalue weighted by atomic mass is 16.5. The first-order chi connectivity index (χ1) is 13.2. The third-order valence-electron chi connectivity index (χ3n) is 4.53. The van der Waals surface area contributed by atoms with E-state index in [0.29, 0.717) is 5.95 Å². The molecule has 1 aliphatic heterocycles. The van der Waals surface area contributed by atoms with Crippen molar-refractivity contribution in [1.29, 1.82) is 0 Å². The molecule has 8 heteroatoms. The maximum Gasteiger partial charge on any atom is 0.229 e. The highest BCUT2D eigenvalue weighted by Gasteiger charge is 2.16. The predicted molar refractivity (Wildman–Crippen MR) is 105 cm³/mol. The molecule has 1 aromatic carbocycles. The van der Waals surface area contributed by atoms with E-state index >= 15 is 0 Å². The maximum atomic E-state index is 5.55. The fourth-order valence-electron chi connectivity index (χ4n) is 3.18. The second kappa shape index (κ2) is 7.24. The minimum absolute atomic E-state index is 0.541. The fraction of sp³-hybridized carbons (Fsp3) is 0.316. The highest BCUT2D eigenvalue weighted by molar-refractivity contribution is 5.63. The van der Waals surface area contributed by atoms with Crippen LogP contribution in [0.4, 0.5) is 17.5 Å². The fourth-order valence-corrected chi connectivity index (χ4v) is 3.18. The number of rotatable bonds is 5. The molecular weight excluding hydrogens is 342 g/mol. The summed E-state index contributed by atoms with van der Waals surface area (Å²) in [5.41, 5.74) is 4.98. The van der Waals surface area contributed by atoms with Crippen molar-refractivity contribution < 1.29 is 4.74 Å². The summed E-state index contributed by atoms with van der Waals surface area (Å²) in [5, 5.41) is 14.4. The highest BCUT2D eigenvalue weighted by Crippen LogP contribution is 2.28. The van der Waals surface area contributed by atoms with Gasteiger partial charge in [0.25, 0.3) is 0 Å². The smallest absolute Gasteiger partial charge is 0.229 e. The van der Waals surface area contributed by atoms with Crippen LogP contribution < -0.4 is 20.7 Å². The van der Waals surface area contributed by atoms with Crippen molar-refractivity contribution in [3.8, 4) is 11.4 Å². The normalized spacial score (nSPS) is 13.1. The van der Waals surface area contributed by atoms with Gasteiger partial charge in [-0.3, -0.25) is 0 Å². The predicted octanol–water partition coefficient (Wildman–Crippen LogP) is 2.41. The number of benzene rings is 1. The summed E-state index contributed by atoms with van der Waals surface area (Å²) in [6, 6.07) is 7.76. The summed E-state index contributed by atoms with van der Waals surface area (Å²) in [7, 11) is 3.51. The van der Waals surface area contributed by atoms with Gasteiger partial charge in [-0.25, -0.2) is 9.67 Å². The SMILES string of the molecule is CNc1cc(C)nc(Nc2ccc(OC)c(-n3cc4c(n3)CNCC4)c2)n1. The van der Waals surface area contributed by atoms with Crippen molar-refractivity contribution in [1.82, 2.24) is 25.1 Å². The maximum absolute atomic E-state index is 5.55. The van der Waals surface area contributed by atoms with Crippen LogP contribution in [0.15, 0.2) is 30.5 Å². The van der Waals surface area contributed by atoms with Gasteiger partial charge in [0.05, 0.1) is 12.8 Å². The standard InChI is InChI=1S/C19H23N7O/c1-12-8-18(20-2)24-19(22-12)23-14-4-5-17(27-3)16(9-14)26-11-13-6-7-21-10-15(13)25-26/h4-5,8-9,11,21H,6-7,10H2,1-3H3,(H2,20,22,23,24). The zero-order chi connectivity index (χ0) is 18.8. The minimum atomic E-state index is 0.541. The Balaban J connectivity index is 1.69. The van der Waals surface area contributed by atoms with Crippen molar-refractivity contribution >= 4 is 17.5 Å². The number of ether oxygens (including phenoxy) is 1. The van der Waals surface area contributed by atoms with Gasteiger partial charge in [0, 0.05) is 37.2 Å². The van der Waals surface area contributed by atoms with E-state index in [0.717, 1.165) is 53.8 Å². The van der Waals surface area contributed by atoms with Crippen LogP contribution in [0.25, 0.3) is 5.69 Å². The summed E-state index contributed by atoms with van der Waals surface area (Å²) >= 11 is 0. The van der Waals surface area contributed by atoms with E-state index in [1.54, 1.807) is 7.11 Å². The second-order valence-corrected chi connectivity index (χ2v) is 6.45. The van der Waals surface area contributed by atoms with Gasteiger partial charge in [0.1, 0.15) is 17.3 Å². The molecule has 2 aromatic heterocycles. The van der Waals surface area contributed by atoms with Gasteiger partial charge < -0.3 is 20.7 Å². The molecule has 4 rings (SSSR count). The Morgan fingerprint density at radius 1 is 1.22 bits per heavy atom. The molecule has 0 radical (unpaired) electrons. The van der Waals surface area contributed by atoms with Crippen molar-refractivity contribution in [2.24, 2.45) is 0 Å². The van der Waals surface area contributed by atoms with Crippen molar-refractivity contribution in [3.05, 3.63) is 47.4 Å². The quantitative estimate of drug-likeness (QED) is 0.640. The van der Waals surface area contributed by atoms with Crippen molar-refractivity contribution in [2.45, 2.75) is 19.9 Å². The Kier molecular flexibility index (Phi) is 4.64. The molecule has 3 heterocycles. The largest absolute Gasteiger partial charge is 0.494 e. The summed E-state index contributed by atoms with van der Waals surface area (Å²) in [6.45, 7) is 3.72. The molecule has 0 amide bonds. The Morgan fingerprint density at radius 2 is 2.11 bits per heavy atom. The lowest BCUT2D eigenvalue weighted by atomic mass is 10.1. The third kappa shape index (κ3) is 3.56. The second-order valence-electron chi connectivity index (χ2n) is 6.45. The molecule has 3 N–H and O–H groups in total. The molecule has 0 bridgehead atoms. The van der Waals surface area contributed by atoms with Gasteiger partial charge >= 0.3 is 0 Å². The molecule has 3 aromatic rings. The van der Waals surface area contributed by atoms with Crippen molar-refractivity contribution in [2.75, 3.05) is 31.3 Å². The topological polar surface area (TPSA) is 88.9 Å². The summed E-state index contributed by atoms with van der Waals surface area (Å²) < 4.78 is 7.43. The number of fused-ring (bicyclic) bond motifs is 1. The third-order valence-corrected chi connectivity index (χ3v) is 4.53. The number of hydrogen-bond donors (Lipinski definition) is 3. The van der Waals surface area contributed by atoms with E-state index in [2.05, 4.69) is 32.1 Å². The van der Waals surface area contributed by atoms with Gasteiger partial charge in [0.15, 0.2) is 0 Å². The number of hydrogen-bond acceptors (Lipinski definition) is 7. The lowest BCUT2D eigenvalue weighted by molar-refractivity contribution is 0.411. The first-order valence-electron chi connectivity index (χ1n) is 8.93. The monoisotopic (exact) mass is 365 g/mol. The van der Waals surface area contributed by atoms with Crippen LogP contribution in [0.1, 0.15) is 17.0 Å². The van der Waals surface area contributed by atoms with Crippen molar-refractivity contribution in [3.63, 3.8) is 0 Å². The van der Waals surface area contributed by atoms with Crippen LogP contribution in [-0.4, -0.2) is 40.5 Å². The van der Waals surface area contributed by atoms with Crippen LogP contribution in [0.5, 0.6) is 5.75 Å². The first kappa shape index (κ1) is 17.3. The number of nitrogens with one attached hydrogen (secondary N) is 3. The molecule has 0 fully saturated rings. The zero-order valence-electron chi connectivity index (χ0n) is 15.7. The Morgan fingerprint density at radius 3 is 2.89 bits per heavy atom. The molecule has 0 unspecified atom stereocenters. The molecule has 0 spiro atoms. The average molecular weight is 365 g/mol. The summed E-state index contributed by atoms with van der Waals surface area (Å²) in [6.07, 6.45) is 3.07. The Bertz CT molecular complexity index is 943. The van der Waals surface area contributed by atoms with Gasteiger partial charge in [-0.2, -0.15) is 10.1 Å². The summed E-state index contributed by atoms with van der Waals surface area (Å²) in [4.78, 5) is 8.90. The Labute approximate surface area is 158 Å². The molecule has 1 aliphatic rings. The Hall–Kier alpha value is -3.13. The number of nitrogens with zero attached hydrogens (tertiary/aromatic N) is 4. The van der Waals surface area contributed by atoms with Crippen LogP contribution in [0, 0.1) is 6.92 Å². The van der Waals surface area contributed by atoms with E-state index < -0.39 is 0 Å². The van der Waals surface area contributed by atoms with E-state index in [1.807, 2.05) is 42.9 Å². The number of aryl methyl sites for hydroxylation is 1. The number of methoxy groups -OCH3 is 1. The molecule has 0 aliphatic carbocycles. The van der Waals surface area contributed by atoms with Gasteiger partial charge in [0.2, 0.25) is 5.95 Å². The molecule has 0 saturated heterocycles. The van der Waals surface area contributed by atoms with E-state index in [4.69, 9.17) is 9.84 Å². The lowest BCUT2D eigenvalue weighted by Crippen LogP contribution is -2.22. The van der Waals surface area contributed by atoms with E-state index in [-0.39, 0.29) is 0 Å². The molecule has 0 atom stereocenters. The average Bonchev–Trinajstić information content (AvgIpc) is 3.11. The van der Waals surface area contributed by atoms with Crippen LogP contribution in [-0.2, 0) is 13.0 Å². The molecule has 8 nitrogen and oxygen atoms in total. The number of anilines is 3. The van der Waals surface area contributed by atoms with E-state index in [1.165, 1.54) is 5.56 Å². The lowest BCUT2D eigenvalue weighted by Gasteiger charge is -2.12. The molecule has 140 valence electrons. The molecule has 0 saturated carbocycles. The first-order valence-corrected chi connectivity index (χ1v) is 8.93. The van der Waals surface area contributed by atoms with Crippen LogP contribution >= 0.6 is 0 Å². The number of aromatic nitrogens is 4. The van der Waals surface area contributed by atoms with Gasteiger partial charge in [-0.15, -0.1) is 0 Å². The van der Waals surface area contributed by atoms with Gasteiger partial charge in [-0.1, -0.05) is 0 Å². The molecular formula is C19H23N7O. The minimum Gasteiger partial charge on any atom is -0.494 e. The molecule has 27 heavy (non-hydrogen) atoms.